The molecule has 1 aromatic carbocycles. The molecule has 0 spiro atoms. The number of rotatable bonds is 7. The van der Waals surface area contributed by atoms with Crippen molar-refractivity contribution >= 4 is 30.7 Å². The van der Waals surface area contributed by atoms with E-state index in [0.717, 1.165) is 37.7 Å². The van der Waals surface area contributed by atoms with Gasteiger partial charge in [-0.05, 0) is 55.4 Å². The minimum absolute atomic E-state index is 0. The van der Waals surface area contributed by atoms with Crippen LogP contribution in [0.2, 0.25) is 0 Å². The summed E-state index contributed by atoms with van der Waals surface area (Å²) in [6.45, 7) is 3.89. The summed E-state index contributed by atoms with van der Waals surface area (Å²) in [6, 6.07) is 7.31. The molecule has 1 aliphatic heterocycles. The van der Waals surface area contributed by atoms with Gasteiger partial charge in [-0.3, -0.25) is 4.79 Å². The van der Waals surface area contributed by atoms with Crippen molar-refractivity contribution in [3.8, 4) is 5.75 Å². The highest BCUT2D eigenvalue weighted by atomic mass is 35.5. The first-order valence-corrected chi connectivity index (χ1v) is 8.14. The van der Waals surface area contributed by atoms with Crippen LogP contribution in [0.5, 0.6) is 5.75 Å². The number of halogens is 2. The first kappa shape index (κ1) is 21.0. The highest BCUT2D eigenvalue weighted by molar-refractivity contribution is 5.92. The van der Waals surface area contributed by atoms with Gasteiger partial charge in [-0.25, -0.2) is 0 Å². The number of likely N-dealkylation sites (tertiary alicyclic amines) is 1. The fourth-order valence-corrected chi connectivity index (χ4v) is 3.34. The van der Waals surface area contributed by atoms with Crippen molar-refractivity contribution in [2.24, 2.45) is 23.3 Å². The third kappa shape index (κ3) is 5.52. The lowest BCUT2D eigenvalue weighted by Crippen LogP contribution is -2.30. The quantitative estimate of drug-likeness (QED) is 0.714. The van der Waals surface area contributed by atoms with Crippen molar-refractivity contribution in [3.05, 3.63) is 29.8 Å². The summed E-state index contributed by atoms with van der Waals surface area (Å²) in [5.41, 5.74) is 11.9. The Morgan fingerprint density at radius 3 is 2.42 bits per heavy atom. The number of ether oxygens (including phenoxy) is 1. The van der Waals surface area contributed by atoms with Crippen LogP contribution < -0.4 is 16.2 Å². The van der Waals surface area contributed by atoms with Gasteiger partial charge in [0, 0.05) is 31.2 Å². The summed E-state index contributed by atoms with van der Waals surface area (Å²) in [6.07, 6.45) is 3.73. The van der Waals surface area contributed by atoms with Crippen LogP contribution in [0.15, 0.2) is 24.3 Å². The fourth-order valence-electron chi connectivity index (χ4n) is 3.34. The van der Waals surface area contributed by atoms with Crippen LogP contribution in [-0.2, 0) is 0 Å². The largest absolute Gasteiger partial charge is 0.494 e. The summed E-state index contributed by atoms with van der Waals surface area (Å²) >= 11 is 0. The summed E-state index contributed by atoms with van der Waals surface area (Å²) in [5.74, 6) is 1.96. The highest BCUT2D eigenvalue weighted by Crippen LogP contribution is 2.40. The van der Waals surface area contributed by atoms with Gasteiger partial charge in [0.05, 0.1) is 6.61 Å². The topological polar surface area (TPSA) is 81.6 Å². The second-order valence-electron chi connectivity index (χ2n) is 6.52. The molecule has 1 aliphatic carbocycles. The van der Waals surface area contributed by atoms with Crippen LogP contribution in [0.1, 0.15) is 29.6 Å². The number of primary amides is 1. The van der Waals surface area contributed by atoms with E-state index >= 15 is 0 Å². The van der Waals surface area contributed by atoms with Gasteiger partial charge in [-0.2, -0.15) is 0 Å². The van der Waals surface area contributed by atoms with Crippen molar-refractivity contribution in [2.75, 3.05) is 26.2 Å². The Morgan fingerprint density at radius 1 is 1.17 bits per heavy atom. The van der Waals surface area contributed by atoms with Crippen molar-refractivity contribution in [2.45, 2.75) is 25.3 Å². The van der Waals surface area contributed by atoms with Gasteiger partial charge in [-0.1, -0.05) is 0 Å². The van der Waals surface area contributed by atoms with E-state index in [1.807, 2.05) is 0 Å². The zero-order valence-electron chi connectivity index (χ0n) is 13.7. The van der Waals surface area contributed by atoms with Gasteiger partial charge in [0.2, 0.25) is 5.91 Å². The average Bonchev–Trinajstić information content (AvgIpc) is 3.28. The zero-order valence-corrected chi connectivity index (χ0v) is 15.4. The van der Waals surface area contributed by atoms with Gasteiger partial charge < -0.3 is 21.1 Å². The van der Waals surface area contributed by atoms with Crippen LogP contribution in [0.25, 0.3) is 0 Å². The fraction of sp³-hybridized carbons (Fsp3) is 0.588. The maximum Gasteiger partial charge on any atom is 0.248 e. The second-order valence-corrected chi connectivity index (χ2v) is 6.52. The minimum Gasteiger partial charge on any atom is -0.494 e. The standard InChI is InChI=1S/C17H25N3O2.2ClH/c18-16-11-20(10-15(16)12-2-3-12)8-1-9-22-14-6-4-13(5-7-14)17(19)21;;/h4-7,12,15-16H,1-3,8-11,18H2,(H2,19,21);2*1H/t15-,16+;;/m1../s1. The Kier molecular flexibility index (Phi) is 8.30. The van der Waals surface area contributed by atoms with Crippen LogP contribution in [0, 0.1) is 11.8 Å². The summed E-state index contributed by atoms with van der Waals surface area (Å²) < 4.78 is 5.70. The lowest BCUT2D eigenvalue weighted by Gasteiger charge is -2.15. The van der Waals surface area contributed by atoms with E-state index < -0.39 is 5.91 Å². The SMILES string of the molecule is Cl.Cl.NC(=O)c1ccc(OCCCN2C[C@H](C3CC3)[C@@H](N)C2)cc1. The molecular weight excluding hydrogens is 349 g/mol. The number of benzene rings is 1. The number of carbonyl (C=O) groups is 1. The molecular formula is C17H27Cl2N3O2. The van der Waals surface area contributed by atoms with Gasteiger partial charge in [0.25, 0.3) is 0 Å². The Labute approximate surface area is 155 Å². The Morgan fingerprint density at radius 2 is 1.83 bits per heavy atom. The average molecular weight is 376 g/mol. The molecule has 136 valence electrons. The van der Waals surface area contributed by atoms with E-state index in [1.165, 1.54) is 12.8 Å². The maximum absolute atomic E-state index is 11.0. The number of nitrogens with zero attached hydrogens (tertiary/aromatic N) is 1. The number of amides is 1. The molecule has 24 heavy (non-hydrogen) atoms. The monoisotopic (exact) mass is 375 g/mol. The lowest BCUT2D eigenvalue weighted by atomic mass is 9.99. The number of carbonyl (C=O) groups excluding carboxylic acids is 1. The molecule has 2 fully saturated rings. The van der Waals surface area contributed by atoms with Crippen LogP contribution in [0.4, 0.5) is 0 Å². The molecule has 1 aromatic rings. The lowest BCUT2D eigenvalue weighted by molar-refractivity contribution is 0.100. The summed E-state index contributed by atoms with van der Waals surface area (Å²) in [4.78, 5) is 13.5. The number of hydrogen-bond acceptors (Lipinski definition) is 4. The summed E-state index contributed by atoms with van der Waals surface area (Å²) in [5, 5.41) is 0. The maximum atomic E-state index is 11.0. The number of hydrogen-bond donors (Lipinski definition) is 2. The van der Waals surface area contributed by atoms with Crippen molar-refractivity contribution in [1.29, 1.82) is 0 Å². The molecule has 7 heteroatoms. The molecule has 0 radical (unpaired) electrons. The Bertz CT molecular complexity index is 523. The second kappa shape index (κ2) is 9.47. The third-order valence-corrected chi connectivity index (χ3v) is 4.74. The molecule has 5 nitrogen and oxygen atoms in total. The zero-order chi connectivity index (χ0) is 15.5. The minimum atomic E-state index is -0.415. The summed E-state index contributed by atoms with van der Waals surface area (Å²) in [7, 11) is 0. The molecule has 1 saturated carbocycles. The van der Waals surface area contributed by atoms with E-state index in [-0.39, 0.29) is 24.8 Å². The number of nitrogens with two attached hydrogens (primary N) is 2. The molecule has 2 atom stereocenters. The van der Waals surface area contributed by atoms with Crippen molar-refractivity contribution in [1.82, 2.24) is 4.90 Å². The van der Waals surface area contributed by atoms with E-state index in [0.29, 0.717) is 24.1 Å². The molecule has 0 aromatic heterocycles. The molecule has 3 rings (SSSR count). The molecule has 2 aliphatic rings. The molecule has 4 N–H and O–H groups in total. The van der Waals surface area contributed by atoms with Crippen LogP contribution in [-0.4, -0.2) is 43.1 Å². The van der Waals surface area contributed by atoms with Gasteiger partial charge in [0.1, 0.15) is 5.75 Å². The van der Waals surface area contributed by atoms with Crippen LogP contribution >= 0.6 is 24.8 Å². The molecule has 1 heterocycles. The molecule has 0 bridgehead atoms. The van der Waals surface area contributed by atoms with Gasteiger partial charge in [0.15, 0.2) is 0 Å². The molecule has 1 amide bonds. The first-order valence-electron chi connectivity index (χ1n) is 8.14. The highest BCUT2D eigenvalue weighted by Gasteiger charge is 2.40. The predicted octanol–water partition coefficient (Wildman–Crippen LogP) is 2.07. The van der Waals surface area contributed by atoms with Gasteiger partial charge >= 0.3 is 0 Å². The smallest absolute Gasteiger partial charge is 0.248 e. The Balaban J connectivity index is 0.00000144. The van der Waals surface area contributed by atoms with Crippen molar-refractivity contribution < 1.29 is 9.53 Å². The van der Waals surface area contributed by atoms with E-state index in [4.69, 9.17) is 16.2 Å². The molecule has 1 saturated heterocycles. The normalized spacial score (nSPS) is 23.2. The Hall–Kier alpha value is -1.01. The molecule has 0 unspecified atom stereocenters. The van der Waals surface area contributed by atoms with Crippen LogP contribution in [0.3, 0.4) is 0 Å². The third-order valence-electron chi connectivity index (χ3n) is 4.74. The predicted molar refractivity (Wildman–Crippen MR) is 100 cm³/mol. The van der Waals surface area contributed by atoms with E-state index in [9.17, 15) is 4.79 Å². The van der Waals surface area contributed by atoms with Gasteiger partial charge in [-0.15, -0.1) is 24.8 Å². The van der Waals surface area contributed by atoms with E-state index in [2.05, 4.69) is 4.90 Å². The first-order chi connectivity index (χ1) is 10.6. The van der Waals surface area contributed by atoms with E-state index in [1.54, 1.807) is 24.3 Å². The van der Waals surface area contributed by atoms with Crippen molar-refractivity contribution in [3.63, 3.8) is 0 Å².